The summed E-state index contributed by atoms with van der Waals surface area (Å²) in [5, 5.41) is 5.30. The van der Waals surface area contributed by atoms with Gasteiger partial charge in [0, 0.05) is 10.8 Å². The summed E-state index contributed by atoms with van der Waals surface area (Å²) < 4.78 is 0. The molecule has 2 aliphatic rings. The fourth-order valence-electron chi connectivity index (χ4n) is 8.56. The molecule has 0 nitrogen and oxygen atoms in total. The minimum atomic E-state index is -0.0748. The molecule has 2 aliphatic carbocycles. The van der Waals surface area contributed by atoms with E-state index in [2.05, 4.69) is 162 Å². The van der Waals surface area contributed by atoms with Crippen LogP contribution in [-0.2, 0) is 10.8 Å². The zero-order chi connectivity index (χ0) is 30.7. The molecular weight excluding hydrogens is 540 g/mol. The van der Waals surface area contributed by atoms with Crippen molar-refractivity contribution in [2.24, 2.45) is 0 Å². The number of aryl methyl sites for hydroxylation is 1. The first-order valence-corrected chi connectivity index (χ1v) is 16.2. The lowest BCUT2D eigenvalue weighted by Crippen LogP contribution is -2.15. The van der Waals surface area contributed by atoms with Crippen LogP contribution in [-0.4, -0.2) is 0 Å². The van der Waals surface area contributed by atoms with Gasteiger partial charge in [-0.2, -0.15) is 0 Å². The molecule has 216 valence electrons. The monoisotopic (exact) mass is 576 g/mol. The molecule has 0 heterocycles. The highest BCUT2D eigenvalue weighted by Gasteiger charge is 2.38. The first-order valence-electron chi connectivity index (χ1n) is 16.2. The Kier molecular flexibility index (Phi) is 5.32. The van der Waals surface area contributed by atoms with Gasteiger partial charge < -0.3 is 0 Å². The van der Waals surface area contributed by atoms with Crippen molar-refractivity contribution in [2.75, 3.05) is 0 Å². The van der Waals surface area contributed by atoms with E-state index in [-0.39, 0.29) is 10.8 Å². The van der Waals surface area contributed by atoms with E-state index >= 15 is 0 Å². The lowest BCUT2D eigenvalue weighted by molar-refractivity contribution is 0.661. The Morgan fingerprint density at radius 2 is 0.756 bits per heavy atom. The van der Waals surface area contributed by atoms with Crippen molar-refractivity contribution >= 4 is 21.5 Å². The molecule has 7 aromatic carbocycles. The van der Waals surface area contributed by atoms with Gasteiger partial charge in [0.05, 0.1) is 0 Å². The lowest BCUT2D eigenvalue weighted by atomic mass is 9.78. The van der Waals surface area contributed by atoms with E-state index in [1.165, 1.54) is 93.9 Å². The minimum Gasteiger partial charge on any atom is -0.0622 e. The van der Waals surface area contributed by atoms with Crippen LogP contribution >= 0.6 is 0 Å². The van der Waals surface area contributed by atoms with Crippen molar-refractivity contribution in [1.82, 2.24) is 0 Å². The van der Waals surface area contributed by atoms with Gasteiger partial charge in [0.25, 0.3) is 0 Å². The zero-order valence-electron chi connectivity index (χ0n) is 26.6. The average molecular weight is 577 g/mol. The fraction of sp³-hybridized carbons (Fsp3) is 0.156. The molecule has 9 rings (SSSR count). The first kappa shape index (κ1) is 26.5. The second-order valence-corrected chi connectivity index (χ2v) is 14.2. The van der Waals surface area contributed by atoms with Crippen LogP contribution in [0.2, 0.25) is 0 Å². The van der Waals surface area contributed by atoms with Crippen LogP contribution in [0.5, 0.6) is 0 Å². The molecule has 0 spiro atoms. The van der Waals surface area contributed by atoms with E-state index in [0.717, 1.165) is 0 Å². The summed E-state index contributed by atoms with van der Waals surface area (Å²) in [6, 6.07) is 48.4. The Morgan fingerprint density at radius 1 is 0.356 bits per heavy atom. The van der Waals surface area contributed by atoms with Crippen LogP contribution in [0.15, 0.2) is 127 Å². The number of rotatable bonds is 2. The predicted molar refractivity (Wildman–Crippen MR) is 192 cm³/mol. The maximum absolute atomic E-state index is 2.54. The molecule has 0 bridgehead atoms. The van der Waals surface area contributed by atoms with Crippen molar-refractivity contribution in [3.63, 3.8) is 0 Å². The molecule has 0 heteroatoms. The first-order chi connectivity index (χ1) is 21.7. The molecular formula is C45H36. The molecule has 0 fully saturated rings. The van der Waals surface area contributed by atoms with Crippen molar-refractivity contribution in [1.29, 1.82) is 0 Å². The molecule has 0 atom stereocenters. The largest absolute Gasteiger partial charge is 0.0622 e. The summed E-state index contributed by atoms with van der Waals surface area (Å²) in [5.74, 6) is 0. The van der Waals surface area contributed by atoms with E-state index in [1.807, 2.05) is 0 Å². The lowest BCUT2D eigenvalue weighted by Gasteiger charge is -2.25. The SMILES string of the molecule is Cc1ccc(-c2c3cc4c(cc3c(-c3ccccc3)c3cc5c(cc23)-c2ccccc2C5(C)C)C(C)(C)c2ccccc2-4)cc1. The summed E-state index contributed by atoms with van der Waals surface area (Å²) in [6.45, 7) is 11.7. The van der Waals surface area contributed by atoms with Crippen LogP contribution in [0.25, 0.3) is 66.1 Å². The highest BCUT2D eigenvalue weighted by atomic mass is 14.4. The third-order valence-electron chi connectivity index (χ3n) is 10.9. The van der Waals surface area contributed by atoms with E-state index < -0.39 is 0 Å². The van der Waals surface area contributed by atoms with Crippen molar-refractivity contribution in [3.05, 3.63) is 155 Å². The standard InChI is InChI=1S/C45H36/c1-27-19-21-29(22-20-27)43-34-23-32-30-15-9-11-17-38(30)44(2,3)40(32)25-36(34)42(28-13-7-6-8-14-28)37-26-41-33(24-35(37)43)31-16-10-12-18-39(31)45(41,4)5/h6-26H,1-5H3. The van der Waals surface area contributed by atoms with Crippen LogP contribution in [0.3, 0.4) is 0 Å². The molecule has 0 saturated heterocycles. The smallest absolute Gasteiger partial charge is 0.0159 e. The van der Waals surface area contributed by atoms with Gasteiger partial charge in [-0.25, -0.2) is 0 Å². The summed E-state index contributed by atoms with van der Waals surface area (Å²) in [6.07, 6.45) is 0. The van der Waals surface area contributed by atoms with Crippen LogP contribution < -0.4 is 0 Å². The summed E-state index contributed by atoms with van der Waals surface area (Å²) >= 11 is 0. The van der Waals surface area contributed by atoms with Crippen molar-refractivity contribution in [2.45, 2.75) is 45.4 Å². The zero-order valence-corrected chi connectivity index (χ0v) is 26.6. The van der Waals surface area contributed by atoms with Crippen LogP contribution in [0.1, 0.15) is 55.5 Å². The topological polar surface area (TPSA) is 0 Å². The second-order valence-electron chi connectivity index (χ2n) is 14.2. The number of benzene rings is 7. The number of hydrogen-bond acceptors (Lipinski definition) is 0. The Hall–Kier alpha value is -4.94. The van der Waals surface area contributed by atoms with E-state index in [1.54, 1.807) is 0 Å². The summed E-state index contributed by atoms with van der Waals surface area (Å²) in [7, 11) is 0. The van der Waals surface area contributed by atoms with Gasteiger partial charge in [0.15, 0.2) is 0 Å². The van der Waals surface area contributed by atoms with Gasteiger partial charge >= 0.3 is 0 Å². The van der Waals surface area contributed by atoms with Crippen LogP contribution in [0.4, 0.5) is 0 Å². The molecule has 45 heavy (non-hydrogen) atoms. The van der Waals surface area contributed by atoms with Gasteiger partial charge in [0.2, 0.25) is 0 Å². The molecule has 0 amide bonds. The van der Waals surface area contributed by atoms with Gasteiger partial charge in [-0.3, -0.25) is 0 Å². The Morgan fingerprint density at radius 3 is 1.24 bits per heavy atom. The van der Waals surface area contributed by atoms with E-state index in [4.69, 9.17) is 0 Å². The molecule has 0 saturated carbocycles. The minimum absolute atomic E-state index is 0.0748. The van der Waals surface area contributed by atoms with Gasteiger partial charge in [0.1, 0.15) is 0 Å². The normalized spacial score (nSPS) is 15.1. The maximum Gasteiger partial charge on any atom is 0.0159 e. The van der Waals surface area contributed by atoms with Gasteiger partial charge in [-0.1, -0.05) is 136 Å². The van der Waals surface area contributed by atoms with E-state index in [0.29, 0.717) is 0 Å². The number of fused-ring (bicyclic) bond motifs is 8. The maximum atomic E-state index is 2.54. The molecule has 0 N–H and O–H groups in total. The van der Waals surface area contributed by atoms with Crippen molar-refractivity contribution < 1.29 is 0 Å². The molecule has 0 unspecified atom stereocenters. The predicted octanol–water partition coefficient (Wildman–Crippen LogP) is 12.2. The van der Waals surface area contributed by atoms with Gasteiger partial charge in [-0.15, -0.1) is 0 Å². The molecule has 0 radical (unpaired) electrons. The third-order valence-corrected chi connectivity index (χ3v) is 10.9. The fourth-order valence-corrected chi connectivity index (χ4v) is 8.56. The second kappa shape index (κ2) is 9.05. The summed E-state index contributed by atoms with van der Waals surface area (Å²) in [4.78, 5) is 0. The quantitative estimate of drug-likeness (QED) is 0.180. The number of hydrogen-bond donors (Lipinski definition) is 0. The molecule has 7 aromatic rings. The highest BCUT2D eigenvalue weighted by Crippen LogP contribution is 2.56. The van der Waals surface area contributed by atoms with Crippen LogP contribution in [0, 0.1) is 6.92 Å². The average Bonchev–Trinajstić information content (AvgIpc) is 3.42. The summed E-state index contributed by atoms with van der Waals surface area (Å²) in [5.41, 5.74) is 17.4. The van der Waals surface area contributed by atoms with Gasteiger partial charge in [-0.05, 0) is 119 Å². The molecule has 0 aliphatic heterocycles. The molecule has 0 aromatic heterocycles. The van der Waals surface area contributed by atoms with E-state index in [9.17, 15) is 0 Å². The van der Waals surface area contributed by atoms with Crippen molar-refractivity contribution in [3.8, 4) is 44.5 Å². The highest BCUT2D eigenvalue weighted by molar-refractivity contribution is 6.23. The third kappa shape index (κ3) is 3.54. The Labute approximate surface area is 266 Å². The Bertz CT molecular complexity index is 2220. The Balaban J connectivity index is 1.52.